The summed E-state index contributed by atoms with van der Waals surface area (Å²) in [7, 11) is 3.21. The molecule has 0 fully saturated rings. The van der Waals surface area contributed by atoms with E-state index in [1.54, 1.807) is 23.0 Å². The Hall–Kier alpha value is -2.97. The van der Waals surface area contributed by atoms with Crippen LogP contribution in [0.15, 0.2) is 45.3 Å². The number of hydrogen-bond acceptors (Lipinski definition) is 5. The molecule has 154 valence electrons. The van der Waals surface area contributed by atoms with Crippen LogP contribution in [0.25, 0.3) is 22.2 Å². The Morgan fingerprint density at radius 2 is 1.90 bits per heavy atom. The van der Waals surface area contributed by atoms with Gasteiger partial charge in [0, 0.05) is 25.2 Å². The van der Waals surface area contributed by atoms with E-state index >= 15 is 0 Å². The van der Waals surface area contributed by atoms with Crippen LogP contribution in [0.1, 0.15) is 34.8 Å². The van der Waals surface area contributed by atoms with Gasteiger partial charge in [0.05, 0.1) is 40.9 Å². The van der Waals surface area contributed by atoms with Crippen LogP contribution < -0.4 is 11.2 Å². The van der Waals surface area contributed by atoms with Gasteiger partial charge in [0.2, 0.25) is 0 Å². The number of rotatable bonds is 3. The maximum absolute atomic E-state index is 13.3. The van der Waals surface area contributed by atoms with Gasteiger partial charge in [-0.15, -0.1) is 11.3 Å². The predicted molar refractivity (Wildman–Crippen MR) is 117 cm³/mol. The van der Waals surface area contributed by atoms with E-state index in [-0.39, 0.29) is 29.8 Å². The van der Waals surface area contributed by atoms with Crippen LogP contribution in [0.5, 0.6) is 0 Å². The first-order valence-electron chi connectivity index (χ1n) is 9.86. The van der Waals surface area contributed by atoms with Crippen LogP contribution in [-0.2, 0) is 14.1 Å². The maximum Gasteiger partial charge on any atom is 0.331 e. The van der Waals surface area contributed by atoms with Crippen molar-refractivity contribution in [2.24, 2.45) is 14.1 Å². The maximum atomic E-state index is 13.3. The molecule has 4 heterocycles. The van der Waals surface area contributed by atoms with Crippen LogP contribution >= 0.6 is 11.3 Å². The van der Waals surface area contributed by atoms with Crippen molar-refractivity contribution in [1.29, 1.82) is 0 Å². The number of benzene rings is 1. The molecule has 0 bridgehead atoms. The molecule has 0 spiro atoms. The average Bonchev–Trinajstić information content (AvgIpc) is 3.44. The molecule has 0 aliphatic carbocycles. The summed E-state index contributed by atoms with van der Waals surface area (Å²) in [6, 6.07) is 9.51. The fourth-order valence-corrected chi connectivity index (χ4v) is 5.61. The first-order chi connectivity index (χ1) is 14.4. The summed E-state index contributed by atoms with van der Waals surface area (Å²) in [6.07, 6.45) is 0.679. The molecule has 1 N–H and O–H groups in total. The lowest BCUT2D eigenvalue weighted by Gasteiger charge is -2.15. The van der Waals surface area contributed by atoms with Crippen LogP contribution in [0, 0.1) is 6.92 Å². The summed E-state index contributed by atoms with van der Waals surface area (Å²) in [5.41, 5.74) is 3.43. The molecule has 1 aliphatic rings. The highest BCUT2D eigenvalue weighted by atomic mass is 32.1. The zero-order valence-corrected chi connectivity index (χ0v) is 17.8. The number of thiazole rings is 1. The van der Waals surface area contributed by atoms with E-state index in [0.29, 0.717) is 17.3 Å². The van der Waals surface area contributed by atoms with Crippen LogP contribution in [0.3, 0.4) is 0 Å². The van der Waals surface area contributed by atoms with E-state index in [0.717, 1.165) is 32.2 Å². The molecular formula is C22H22N4O3S. The highest BCUT2D eigenvalue weighted by Gasteiger charge is 2.40. The van der Waals surface area contributed by atoms with Gasteiger partial charge in [0.25, 0.3) is 5.56 Å². The summed E-state index contributed by atoms with van der Waals surface area (Å²) in [6.45, 7) is 1.90. The molecular weight excluding hydrogens is 400 g/mol. The number of fused-ring (bicyclic) bond motifs is 3. The lowest BCUT2D eigenvalue weighted by Crippen LogP contribution is -2.37. The third-order valence-electron chi connectivity index (χ3n) is 6.04. The number of aliphatic hydroxyl groups is 1. The number of aliphatic hydroxyl groups excluding tert-OH is 1. The Morgan fingerprint density at radius 1 is 1.17 bits per heavy atom. The van der Waals surface area contributed by atoms with Crippen molar-refractivity contribution < 1.29 is 5.11 Å². The molecule has 1 unspecified atom stereocenters. The van der Waals surface area contributed by atoms with Gasteiger partial charge in [-0.2, -0.15) is 0 Å². The standard InChI is InChI=1S/C22H22N4O3S/c1-12-11-30-20(23-12)15-9-14(10-27)26-17(13-7-5-4-6-8-13)16-19(18(15)26)24(2)22(29)25(3)21(16)28/h4-8,11,14-15,27H,9-10H2,1-3H3/t14-,15?/m1/s1. The van der Waals surface area contributed by atoms with Crippen molar-refractivity contribution >= 4 is 22.2 Å². The Labute approximate surface area is 176 Å². The summed E-state index contributed by atoms with van der Waals surface area (Å²) < 4.78 is 4.78. The third-order valence-corrected chi connectivity index (χ3v) is 7.12. The second-order valence-electron chi connectivity index (χ2n) is 7.85. The van der Waals surface area contributed by atoms with Crippen molar-refractivity contribution in [2.45, 2.75) is 25.3 Å². The SMILES string of the molecule is Cc1csc(C2C[C@H](CO)n3c(-c4ccccc4)c4c(=O)n(C)c(=O)n(C)c4c32)n1. The van der Waals surface area contributed by atoms with Crippen LogP contribution in [0.2, 0.25) is 0 Å². The fourth-order valence-electron chi connectivity index (χ4n) is 4.70. The summed E-state index contributed by atoms with van der Waals surface area (Å²) >= 11 is 1.58. The zero-order valence-electron chi connectivity index (χ0n) is 17.0. The van der Waals surface area contributed by atoms with Gasteiger partial charge < -0.3 is 9.67 Å². The highest BCUT2D eigenvalue weighted by molar-refractivity contribution is 7.09. The van der Waals surface area contributed by atoms with Gasteiger partial charge in [-0.1, -0.05) is 30.3 Å². The second kappa shape index (κ2) is 6.78. The molecule has 3 aromatic heterocycles. The minimum atomic E-state index is -0.359. The lowest BCUT2D eigenvalue weighted by molar-refractivity contribution is 0.232. The summed E-state index contributed by atoms with van der Waals surface area (Å²) in [5.74, 6) is -0.0847. The smallest absolute Gasteiger partial charge is 0.331 e. The van der Waals surface area contributed by atoms with E-state index in [2.05, 4.69) is 4.57 Å². The Kier molecular flexibility index (Phi) is 4.30. The summed E-state index contributed by atoms with van der Waals surface area (Å²) in [5, 5.41) is 13.7. The number of aryl methyl sites for hydroxylation is 2. The van der Waals surface area contributed by atoms with Gasteiger partial charge >= 0.3 is 5.69 Å². The molecule has 0 saturated heterocycles. The summed E-state index contributed by atoms with van der Waals surface area (Å²) in [4.78, 5) is 30.8. The number of aromatic nitrogens is 4. The van der Waals surface area contributed by atoms with Gasteiger partial charge in [-0.05, 0) is 18.9 Å². The molecule has 1 aromatic carbocycles. The Balaban J connectivity index is 1.99. The molecule has 5 rings (SSSR count). The minimum Gasteiger partial charge on any atom is -0.394 e. The van der Waals surface area contributed by atoms with E-state index in [4.69, 9.17) is 4.98 Å². The fraction of sp³-hybridized carbons (Fsp3) is 0.318. The van der Waals surface area contributed by atoms with E-state index in [1.807, 2.05) is 42.6 Å². The van der Waals surface area contributed by atoms with Crippen molar-refractivity contribution in [2.75, 3.05) is 6.61 Å². The van der Waals surface area contributed by atoms with Crippen LogP contribution in [-0.4, -0.2) is 30.4 Å². The molecule has 4 aromatic rings. The van der Waals surface area contributed by atoms with Gasteiger partial charge in [0.15, 0.2) is 0 Å². The van der Waals surface area contributed by atoms with Crippen molar-refractivity contribution in [3.63, 3.8) is 0 Å². The normalized spacial score (nSPS) is 18.3. The lowest BCUT2D eigenvalue weighted by atomic mass is 10.00. The zero-order chi connectivity index (χ0) is 21.2. The quantitative estimate of drug-likeness (QED) is 0.550. The molecule has 0 radical (unpaired) electrons. The molecule has 0 amide bonds. The Bertz CT molecular complexity index is 1390. The predicted octanol–water partition coefficient (Wildman–Crippen LogP) is 2.54. The monoisotopic (exact) mass is 422 g/mol. The van der Waals surface area contributed by atoms with Crippen molar-refractivity contribution in [1.82, 2.24) is 18.7 Å². The highest BCUT2D eigenvalue weighted by Crippen LogP contribution is 2.48. The van der Waals surface area contributed by atoms with Gasteiger partial charge in [-0.3, -0.25) is 13.9 Å². The largest absolute Gasteiger partial charge is 0.394 e. The molecule has 1 aliphatic heterocycles. The first kappa shape index (κ1) is 19.0. The Morgan fingerprint density at radius 3 is 2.53 bits per heavy atom. The van der Waals surface area contributed by atoms with Crippen LogP contribution in [0.4, 0.5) is 0 Å². The van der Waals surface area contributed by atoms with E-state index in [9.17, 15) is 14.7 Å². The van der Waals surface area contributed by atoms with E-state index in [1.165, 1.54) is 7.05 Å². The average molecular weight is 423 g/mol. The van der Waals surface area contributed by atoms with Crippen molar-refractivity contribution in [3.05, 3.63) is 72.9 Å². The third kappa shape index (κ3) is 2.50. The van der Waals surface area contributed by atoms with Gasteiger partial charge in [-0.25, -0.2) is 9.78 Å². The topological polar surface area (TPSA) is 82.0 Å². The molecule has 7 nitrogen and oxygen atoms in total. The first-order valence-corrected chi connectivity index (χ1v) is 10.7. The molecule has 8 heteroatoms. The molecule has 0 saturated carbocycles. The number of nitrogens with zero attached hydrogens (tertiary/aromatic N) is 4. The minimum absolute atomic E-state index is 0.0526. The second-order valence-corrected chi connectivity index (χ2v) is 8.74. The van der Waals surface area contributed by atoms with Gasteiger partial charge in [0.1, 0.15) is 5.01 Å². The molecule has 30 heavy (non-hydrogen) atoms. The molecule has 2 atom stereocenters. The number of hydrogen-bond donors (Lipinski definition) is 1. The van der Waals surface area contributed by atoms with E-state index < -0.39 is 0 Å². The van der Waals surface area contributed by atoms with Crippen molar-refractivity contribution in [3.8, 4) is 11.3 Å².